The molecule has 2 atom stereocenters. The molecule has 4 aromatic heterocycles. The Balaban J connectivity index is 1.25. The molecule has 3 aliphatic carbocycles. The van der Waals surface area contributed by atoms with Crippen LogP contribution in [0.2, 0.25) is 5.15 Å². The zero-order valence-corrected chi connectivity index (χ0v) is 31.4. The van der Waals surface area contributed by atoms with E-state index in [1.165, 1.54) is 6.20 Å². The molecule has 0 radical (unpaired) electrons. The van der Waals surface area contributed by atoms with Crippen LogP contribution >= 0.6 is 11.6 Å². The molecule has 57 heavy (non-hydrogen) atoms. The zero-order chi connectivity index (χ0) is 38.7. The van der Waals surface area contributed by atoms with Gasteiger partial charge in [0.25, 0.3) is 0 Å². The Labute approximate surface area is 332 Å². The lowest BCUT2D eigenvalue weighted by molar-refractivity contribution is -0.148. The minimum Gasteiger partial charge on any atom is -0.481 e. The van der Waals surface area contributed by atoms with Gasteiger partial charge in [-0.2, -0.15) is 0 Å². The minimum atomic E-state index is -0.985. The molecule has 2 N–H and O–H groups in total. The molecule has 11 rings (SSSR count). The molecule has 2 unspecified atom stereocenters. The number of rotatable bonds is 9. The minimum absolute atomic E-state index is 0.00156. The lowest BCUT2D eigenvalue weighted by atomic mass is 9.61. The van der Waals surface area contributed by atoms with Crippen molar-refractivity contribution in [3.05, 3.63) is 161 Å². The largest absolute Gasteiger partial charge is 0.481 e. The van der Waals surface area contributed by atoms with Crippen LogP contribution in [0.15, 0.2) is 138 Å². The highest BCUT2D eigenvalue weighted by Crippen LogP contribution is 2.48. The maximum Gasteiger partial charge on any atom is 0.308 e. The maximum atomic E-state index is 17.1. The number of hydrogen-bond donors (Lipinski definition) is 2. The van der Waals surface area contributed by atoms with Crippen molar-refractivity contribution in [1.82, 2.24) is 24.5 Å². The van der Waals surface area contributed by atoms with Crippen LogP contribution in [0, 0.1) is 23.6 Å². The molecule has 3 aliphatic rings. The molecule has 0 spiro atoms. The van der Waals surface area contributed by atoms with Gasteiger partial charge in [-0.1, -0.05) is 121 Å². The molecule has 0 saturated heterocycles. The fourth-order valence-electron chi connectivity index (χ4n) is 9.44. The third-order valence-electron chi connectivity index (χ3n) is 12.0. The van der Waals surface area contributed by atoms with Crippen LogP contribution in [0.3, 0.4) is 0 Å². The van der Waals surface area contributed by atoms with E-state index in [4.69, 9.17) is 36.0 Å². The summed E-state index contributed by atoms with van der Waals surface area (Å²) in [6, 6.07) is 39.2. The second kappa shape index (κ2) is 14.0. The number of fused-ring (bicyclic) bond motifs is 5. The Hall–Kier alpha value is -6.39. The Morgan fingerprint density at radius 1 is 0.807 bits per heavy atom. The molecule has 11 heteroatoms. The summed E-state index contributed by atoms with van der Waals surface area (Å²) in [5.41, 5.74) is 3.75. The smallest absolute Gasteiger partial charge is 0.308 e. The standard InChI is InChI=1S/C46H36ClFN6O3/c47-36-25-49-44-40(50-36)33(26-54(44)46(30-13-4-1-5-14-30,31-15-6-2-7-16-31)32-17-8-3-9-18-32)42-52-41(35-24-29-12-10-11-19-34(29)57-35)38(48)43(53-42)51-39-28-22-20-27(21-23-28)37(39)45(55)56/h1-19,24-28,37,39H,20-23H2,(H,55,56)(H,51,52,53). The van der Waals surface area contributed by atoms with Crippen LogP contribution < -0.4 is 5.32 Å². The van der Waals surface area contributed by atoms with Gasteiger partial charge in [0.05, 0.1) is 17.7 Å². The average molecular weight is 775 g/mol. The molecular weight excluding hydrogens is 739 g/mol. The highest BCUT2D eigenvalue weighted by Gasteiger charge is 2.48. The van der Waals surface area contributed by atoms with Crippen LogP contribution in [0.4, 0.5) is 10.2 Å². The van der Waals surface area contributed by atoms with Gasteiger partial charge < -0.3 is 19.4 Å². The number of furan rings is 1. The van der Waals surface area contributed by atoms with Crippen molar-refractivity contribution in [3.8, 4) is 22.8 Å². The predicted octanol–water partition coefficient (Wildman–Crippen LogP) is 10.2. The zero-order valence-electron chi connectivity index (χ0n) is 30.6. The maximum absolute atomic E-state index is 17.1. The normalized spacial score (nSPS) is 19.3. The summed E-state index contributed by atoms with van der Waals surface area (Å²) in [5, 5.41) is 14.7. The fraction of sp³-hybridized carbons (Fsp3) is 0.196. The van der Waals surface area contributed by atoms with E-state index >= 15 is 4.39 Å². The van der Waals surface area contributed by atoms with Gasteiger partial charge in [-0.25, -0.2) is 24.3 Å². The highest BCUT2D eigenvalue weighted by atomic mass is 35.5. The van der Waals surface area contributed by atoms with E-state index in [2.05, 4.69) is 46.3 Å². The van der Waals surface area contributed by atoms with Gasteiger partial charge >= 0.3 is 5.97 Å². The molecule has 4 aromatic carbocycles. The van der Waals surface area contributed by atoms with Gasteiger partial charge in [-0.3, -0.25) is 4.79 Å². The summed E-state index contributed by atoms with van der Waals surface area (Å²) in [5.74, 6) is -1.99. The Morgan fingerprint density at radius 3 is 2.02 bits per heavy atom. The molecule has 8 aromatic rings. The molecule has 0 aliphatic heterocycles. The lowest BCUT2D eigenvalue weighted by Gasteiger charge is -2.47. The Morgan fingerprint density at radius 2 is 1.40 bits per heavy atom. The third kappa shape index (κ3) is 5.77. The second-order valence-electron chi connectivity index (χ2n) is 15.0. The molecule has 4 heterocycles. The van der Waals surface area contributed by atoms with Crippen molar-refractivity contribution in [3.63, 3.8) is 0 Å². The van der Waals surface area contributed by atoms with Crippen LogP contribution in [0.1, 0.15) is 42.4 Å². The van der Waals surface area contributed by atoms with Crippen LogP contribution in [-0.4, -0.2) is 41.6 Å². The van der Waals surface area contributed by atoms with Crippen molar-refractivity contribution < 1.29 is 18.7 Å². The van der Waals surface area contributed by atoms with Gasteiger partial charge in [0.2, 0.25) is 0 Å². The van der Waals surface area contributed by atoms with E-state index in [0.29, 0.717) is 22.3 Å². The monoisotopic (exact) mass is 774 g/mol. The quantitative estimate of drug-likeness (QED) is 0.139. The first-order chi connectivity index (χ1) is 27.9. The summed E-state index contributed by atoms with van der Waals surface area (Å²) >= 11 is 6.63. The van der Waals surface area contributed by atoms with Crippen molar-refractivity contribution >= 4 is 45.5 Å². The number of carbonyl (C=O) groups is 1. The number of anilines is 1. The summed E-state index contributed by atoms with van der Waals surface area (Å²) in [6.45, 7) is 0. The number of aliphatic carboxylic acids is 1. The molecular formula is C46H36ClFN6O3. The van der Waals surface area contributed by atoms with Crippen LogP contribution in [0.5, 0.6) is 0 Å². The SMILES string of the molecule is O=C(O)C1C2CCC(CC2)C1Nc1nc(-c2cn(C(c3ccccc3)(c3ccccc3)c3ccccc3)c3ncc(Cl)nc23)nc(-c2cc3ccccc3o2)c1F. The number of carboxylic acids is 1. The van der Waals surface area contributed by atoms with Crippen molar-refractivity contribution in [1.29, 1.82) is 0 Å². The first-order valence-electron chi connectivity index (χ1n) is 19.2. The van der Waals surface area contributed by atoms with E-state index in [0.717, 1.165) is 47.8 Å². The summed E-state index contributed by atoms with van der Waals surface area (Å²) in [7, 11) is 0. The molecule has 3 saturated carbocycles. The van der Waals surface area contributed by atoms with Gasteiger partial charge in [0.1, 0.15) is 27.5 Å². The van der Waals surface area contributed by atoms with Gasteiger partial charge in [0, 0.05) is 17.6 Å². The average Bonchev–Trinajstić information content (AvgIpc) is 3.85. The number of carboxylic acid groups (broad SMARTS) is 1. The first kappa shape index (κ1) is 35.1. The number of nitrogens with zero attached hydrogens (tertiary/aromatic N) is 5. The van der Waals surface area contributed by atoms with Gasteiger partial charge in [-0.05, 0) is 66.3 Å². The highest BCUT2D eigenvalue weighted by molar-refractivity contribution is 6.29. The summed E-state index contributed by atoms with van der Waals surface area (Å²) < 4.78 is 25.4. The summed E-state index contributed by atoms with van der Waals surface area (Å²) in [4.78, 5) is 32.2. The molecule has 282 valence electrons. The van der Waals surface area contributed by atoms with Crippen LogP contribution in [-0.2, 0) is 10.3 Å². The van der Waals surface area contributed by atoms with E-state index in [1.54, 1.807) is 6.07 Å². The van der Waals surface area contributed by atoms with Crippen LogP contribution in [0.25, 0.3) is 45.0 Å². The number of aromatic nitrogens is 5. The van der Waals surface area contributed by atoms with Crippen molar-refractivity contribution in [2.24, 2.45) is 17.8 Å². The first-order valence-corrected chi connectivity index (χ1v) is 19.5. The van der Waals surface area contributed by atoms with E-state index in [1.807, 2.05) is 85.1 Å². The topological polar surface area (TPSA) is 119 Å². The predicted molar refractivity (Wildman–Crippen MR) is 217 cm³/mol. The third-order valence-corrected chi connectivity index (χ3v) is 12.1. The molecule has 2 bridgehead atoms. The van der Waals surface area contributed by atoms with E-state index in [9.17, 15) is 9.90 Å². The number of hydrogen-bond acceptors (Lipinski definition) is 7. The van der Waals surface area contributed by atoms with Crippen molar-refractivity contribution in [2.45, 2.75) is 37.3 Å². The summed E-state index contributed by atoms with van der Waals surface area (Å²) in [6.07, 6.45) is 6.84. The number of para-hydroxylation sites is 1. The van der Waals surface area contributed by atoms with Crippen molar-refractivity contribution in [2.75, 3.05) is 5.32 Å². The van der Waals surface area contributed by atoms with Gasteiger partial charge in [0.15, 0.2) is 28.9 Å². The van der Waals surface area contributed by atoms with E-state index in [-0.39, 0.29) is 40.1 Å². The number of benzene rings is 4. The molecule has 9 nitrogen and oxygen atoms in total. The number of nitrogens with one attached hydrogen (secondary N) is 1. The van der Waals surface area contributed by atoms with Gasteiger partial charge in [-0.15, -0.1) is 0 Å². The molecule has 0 amide bonds. The van der Waals surface area contributed by atoms with E-state index < -0.39 is 29.3 Å². The molecule has 3 fully saturated rings. The number of halogens is 2. The lowest BCUT2D eigenvalue weighted by Crippen LogP contribution is -2.51. The Bertz CT molecular complexity index is 2640. The second-order valence-corrected chi connectivity index (χ2v) is 15.4. The Kier molecular flexibility index (Phi) is 8.59. The fourth-order valence-corrected chi connectivity index (χ4v) is 9.57.